The van der Waals surface area contributed by atoms with Crippen LogP contribution in [0.4, 0.5) is 5.82 Å². The molecule has 0 saturated carbocycles. The second-order valence-corrected chi connectivity index (χ2v) is 5.09. The van der Waals surface area contributed by atoms with Gasteiger partial charge in [-0.2, -0.15) is 0 Å². The smallest absolute Gasteiger partial charge is 0.148 e. The number of ether oxygens (including phenoxy) is 1. The Morgan fingerprint density at radius 1 is 1.30 bits per heavy atom. The predicted octanol–water partition coefficient (Wildman–Crippen LogP) is 3.74. The van der Waals surface area contributed by atoms with Crippen molar-refractivity contribution in [3.05, 3.63) is 47.4 Å². The van der Waals surface area contributed by atoms with Crippen molar-refractivity contribution in [1.82, 2.24) is 9.97 Å². The maximum atomic E-state index is 5.96. The molecule has 1 aromatic carbocycles. The van der Waals surface area contributed by atoms with Gasteiger partial charge in [0.15, 0.2) is 0 Å². The second kappa shape index (κ2) is 7.10. The largest absolute Gasteiger partial charge is 0.491 e. The fourth-order valence-electron chi connectivity index (χ4n) is 1.86. The van der Waals surface area contributed by atoms with Gasteiger partial charge in [0.25, 0.3) is 0 Å². The Bertz CT molecular complexity index is 560. The first kappa shape index (κ1) is 14.6. The molecule has 1 heterocycles. The number of anilines is 1. The van der Waals surface area contributed by atoms with E-state index in [4.69, 9.17) is 16.3 Å². The fraction of sp³-hybridized carbons (Fsp3) is 0.333. The molecule has 0 amide bonds. The van der Waals surface area contributed by atoms with Crippen molar-refractivity contribution in [1.29, 1.82) is 0 Å². The highest BCUT2D eigenvalue weighted by molar-refractivity contribution is 6.32. The zero-order valence-corrected chi connectivity index (χ0v) is 12.4. The number of nitrogens with one attached hydrogen (secondary N) is 1. The molecule has 0 saturated heterocycles. The number of para-hydroxylation sites is 1. The summed E-state index contributed by atoms with van der Waals surface area (Å²) >= 11 is 5.96. The van der Waals surface area contributed by atoms with Crippen molar-refractivity contribution in [3.63, 3.8) is 0 Å². The molecule has 20 heavy (non-hydrogen) atoms. The summed E-state index contributed by atoms with van der Waals surface area (Å²) in [6.45, 7) is 5.48. The number of nitrogens with zero attached hydrogens (tertiary/aromatic N) is 2. The van der Waals surface area contributed by atoms with Crippen molar-refractivity contribution >= 4 is 17.4 Å². The molecule has 0 radical (unpaired) electrons. The van der Waals surface area contributed by atoms with Gasteiger partial charge in [-0.25, -0.2) is 9.97 Å². The zero-order valence-electron chi connectivity index (χ0n) is 11.6. The summed E-state index contributed by atoms with van der Waals surface area (Å²) in [5, 5.41) is 3.63. The Morgan fingerprint density at radius 2 is 2.10 bits per heavy atom. The predicted molar refractivity (Wildman–Crippen MR) is 81.6 cm³/mol. The van der Waals surface area contributed by atoms with Crippen molar-refractivity contribution in [2.24, 2.45) is 0 Å². The maximum absolute atomic E-state index is 5.96. The van der Waals surface area contributed by atoms with Gasteiger partial charge >= 0.3 is 0 Å². The molecule has 1 aromatic heterocycles. The lowest BCUT2D eigenvalue weighted by atomic mass is 10.0. The number of benzene rings is 1. The summed E-state index contributed by atoms with van der Waals surface area (Å²) in [5.41, 5.74) is 1.22. The van der Waals surface area contributed by atoms with Crippen LogP contribution >= 0.6 is 11.6 Å². The zero-order chi connectivity index (χ0) is 14.4. The Hall–Kier alpha value is -1.81. The average Bonchev–Trinajstić information content (AvgIpc) is 2.45. The lowest BCUT2D eigenvalue weighted by Gasteiger charge is -2.14. The Balaban J connectivity index is 1.86. The van der Waals surface area contributed by atoms with Crippen molar-refractivity contribution < 1.29 is 4.74 Å². The molecule has 106 valence electrons. The van der Waals surface area contributed by atoms with Gasteiger partial charge in [-0.3, -0.25) is 0 Å². The minimum absolute atomic E-state index is 0.440. The molecule has 0 unspecified atom stereocenters. The van der Waals surface area contributed by atoms with Crippen LogP contribution in [0.25, 0.3) is 0 Å². The lowest BCUT2D eigenvalue weighted by Crippen LogP contribution is -2.13. The second-order valence-electron chi connectivity index (χ2n) is 4.69. The third-order valence-corrected chi connectivity index (χ3v) is 3.14. The number of rotatable bonds is 6. The Labute approximate surface area is 124 Å². The first-order chi connectivity index (χ1) is 9.68. The van der Waals surface area contributed by atoms with Crippen molar-refractivity contribution in [2.45, 2.75) is 19.8 Å². The minimum Gasteiger partial charge on any atom is -0.491 e. The van der Waals surface area contributed by atoms with Gasteiger partial charge in [0.1, 0.15) is 29.5 Å². The highest BCUT2D eigenvalue weighted by atomic mass is 35.5. The summed E-state index contributed by atoms with van der Waals surface area (Å²) < 4.78 is 5.81. The summed E-state index contributed by atoms with van der Waals surface area (Å²) in [4.78, 5) is 7.90. The molecule has 2 rings (SSSR count). The van der Waals surface area contributed by atoms with Crippen LogP contribution in [-0.4, -0.2) is 23.1 Å². The van der Waals surface area contributed by atoms with E-state index in [-0.39, 0.29) is 0 Å². The highest BCUT2D eigenvalue weighted by Gasteiger charge is 2.06. The Kier molecular flexibility index (Phi) is 5.18. The minimum atomic E-state index is 0.440. The SMILES string of the molecule is CC(C)c1ccccc1OCCNc1ncncc1Cl. The number of aromatic nitrogens is 2. The average molecular weight is 292 g/mol. The van der Waals surface area contributed by atoms with Crippen molar-refractivity contribution in [3.8, 4) is 5.75 Å². The molecule has 1 N–H and O–H groups in total. The number of hydrogen-bond acceptors (Lipinski definition) is 4. The lowest BCUT2D eigenvalue weighted by molar-refractivity contribution is 0.328. The van der Waals surface area contributed by atoms with Gasteiger partial charge in [-0.05, 0) is 17.5 Å². The van der Waals surface area contributed by atoms with Crippen LogP contribution in [0.1, 0.15) is 25.3 Å². The molecule has 0 atom stereocenters. The van der Waals surface area contributed by atoms with E-state index >= 15 is 0 Å². The maximum Gasteiger partial charge on any atom is 0.148 e. The van der Waals surface area contributed by atoms with E-state index in [1.165, 1.54) is 11.9 Å². The normalized spacial score (nSPS) is 10.6. The van der Waals surface area contributed by atoms with Crippen LogP contribution in [0, 0.1) is 0 Å². The van der Waals surface area contributed by atoms with Gasteiger partial charge in [0.05, 0.1) is 12.7 Å². The van der Waals surface area contributed by atoms with Gasteiger partial charge in [-0.1, -0.05) is 43.6 Å². The van der Waals surface area contributed by atoms with Crippen LogP contribution in [0.2, 0.25) is 5.02 Å². The van der Waals surface area contributed by atoms with E-state index in [2.05, 4.69) is 35.2 Å². The fourth-order valence-corrected chi connectivity index (χ4v) is 2.03. The van der Waals surface area contributed by atoms with Crippen LogP contribution < -0.4 is 10.1 Å². The molecule has 0 aliphatic heterocycles. The molecule has 0 spiro atoms. The number of halogens is 1. The monoisotopic (exact) mass is 291 g/mol. The number of hydrogen-bond donors (Lipinski definition) is 1. The van der Waals surface area contributed by atoms with E-state index in [9.17, 15) is 0 Å². The van der Waals surface area contributed by atoms with Gasteiger partial charge < -0.3 is 10.1 Å². The standard InChI is InChI=1S/C15H18ClN3O/c1-11(2)12-5-3-4-6-14(12)20-8-7-18-15-13(16)9-17-10-19-15/h3-6,9-11H,7-8H2,1-2H3,(H,17,18,19). The summed E-state index contributed by atoms with van der Waals surface area (Å²) in [6, 6.07) is 8.10. The van der Waals surface area contributed by atoms with E-state index in [1.807, 2.05) is 18.2 Å². The van der Waals surface area contributed by atoms with Crippen LogP contribution in [-0.2, 0) is 0 Å². The van der Waals surface area contributed by atoms with Gasteiger partial charge in [0, 0.05) is 0 Å². The quantitative estimate of drug-likeness (QED) is 0.824. The van der Waals surface area contributed by atoms with E-state index in [0.29, 0.717) is 29.9 Å². The van der Waals surface area contributed by atoms with E-state index in [1.54, 1.807) is 6.20 Å². The molecule has 0 bridgehead atoms. The summed E-state index contributed by atoms with van der Waals surface area (Å²) in [7, 11) is 0. The Morgan fingerprint density at radius 3 is 2.85 bits per heavy atom. The molecule has 0 fully saturated rings. The van der Waals surface area contributed by atoms with Crippen LogP contribution in [0.3, 0.4) is 0 Å². The molecule has 0 aliphatic carbocycles. The molecule has 0 aliphatic rings. The first-order valence-electron chi connectivity index (χ1n) is 6.59. The van der Waals surface area contributed by atoms with E-state index in [0.717, 1.165) is 5.75 Å². The summed E-state index contributed by atoms with van der Waals surface area (Å²) in [6.07, 6.45) is 3.02. The molecule has 4 nitrogen and oxygen atoms in total. The van der Waals surface area contributed by atoms with Crippen LogP contribution in [0.15, 0.2) is 36.8 Å². The molecular formula is C15H18ClN3O. The van der Waals surface area contributed by atoms with Crippen molar-refractivity contribution in [2.75, 3.05) is 18.5 Å². The summed E-state index contributed by atoms with van der Waals surface area (Å²) in [5.74, 6) is 2.00. The molecular weight excluding hydrogens is 274 g/mol. The third-order valence-electron chi connectivity index (χ3n) is 2.86. The first-order valence-corrected chi connectivity index (χ1v) is 6.97. The van der Waals surface area contributed by atoms with E-state index < -0.39 is 0 Å². The van der Waals surface area contributed by atoms with Gasteiger partial charge in [0.2, 0.25) is 0 Å². The van der Waals surface area contributed by atoms with Crippen LogP contribution in [0.5, 0.6) is 5.75 Å². The topological polar surface area (TPSA) is 47.0 Å². The van der Waals surface area contributed by atoms with Gasteiger partial charge in [-0.15, -0.1) is 0 Å². The third kappa shape index (κ3) is 3.84. The molecule has 5 heteroatoms. The molecule has 2 aromatic rings. The highest BCUT2D eigenvalue weighted by Crippen LogP contribution is 2.25.